The fourth-order valence-corrected chi connectivity index (χ4v) is 4.84. The van der Waals surface area contributed by atoms with E-state index in [-0.39, 0.29) is 18.1 Å². The van der Waals surface area contributed by atoms with Crippen LogP contribution in [-0.2, 0) is 42.0 Å². The minimum atomic E-state index is -3.25. The smallest absolute Gasteiger partial charge is 0.331 e. The zero-order valence-electron chi connectivity index (χ0n) is 19.3. The third-order valence-electron chi connectivity index (χ3n) is 5.88. The summed E-state index contributed by atoms with van der Waals surface area (Å²) in [6.45, 7) is 1.78. The van der Waals surface area contributed by atoms with Gasteiger partial charge in [0.2, 0.25) is 0 Å². The summed E-state index contributed by atoms with van der Waals surface area (Å²) in [7, 11) is -3.25. The second-order valence-electron chi connectivity index (χ2n) is 8.45. The Morgan fingerprint density at radius 2 is 1.92 bits per heavy atom. The number of ether oxygens (including phenoxy) is 2. The van der Waals surface area contributed by atoms with Crippen molar-refractivity contribution in [1.82, 2.24) is 4.90 Å². The summed E-state index contributed by atoms with van der Waals surface area (Å²) in [5, 5.41) is 7.86. The molecule has 3 atom stereocenters. The first kappa shape index (κ1) is 27.4. The van der Waals surface area contributed by atoms with E-state index in [0.717, 1.165) is 35.6 Å². The number of carboxylic acid groups (broad SMARTS) is 1. The molecule has 2 aromatic carbocycles. The van der Waals surface area contributed by atoms with E-state index in [1.165, 1.54) is 6.26 Å². The molecule has 36 heavy (non-hydrogen) atoms. The first-order valence-corrected chi connectivity index (χ1v) is 12.8. The molecule has 194 valence electrons. The molecule has 9 nitrogen and oxygen atoms in total. The quantitative estimate of drug-likeness (QED) is 0.331. The van der Waals surface area contributed by atoms with Gasteiger partial charge in [-0.1, -0.05) is 6.07 Å². The highest BCUT2D eigenvalue weighted by Crippen LogP contribution is 2.34. The molecule has 0 aromatic heterocycles. The number of hydrogen-bond acceptors (Lipinski definition) is 8. The van der Waals surface area contributed by atoms with E-state index in [9.17, 15) is 26.8 Å². The number of fused-ring (bicyclic) bond motifs is 1. The van der Waals surface area contributed by atoms with Crippen molar-refractivity contribution < 1.29 is 41.4 Å². The maximum atomic E-state index is 14.1. The van der Waals surface area contributed by atoms with Gasteiger partial charge >= 0.3 is 5.97 Å². The Bertz CT molecular complexity index is 1250. The van der Waals surface area contributed by atoms with Crippen LogP contribution in [0.4, 0.5) is 8.78 Å². The Labute approximate surface area is 207 Å². The van der Waals surface area contributed by atoms with E-state index in [0.29, 0.717) is 37.1 Å². The van der Waals surface area contributed by atoms with E-state index >= 15 is 0 Å². The van der Waals surface area contributed by atoms with Crippen LogP contribution in [0.15, 0.2) is 53.6 Å². The fourth-order valence-electron chi connectivity index (χ4n) is 4.17. The van der Waals surface area contributed by atoms with Gasteiger partial charge in [-0.25, -0.2) is 22.0 Å². The maximum absolute atomic E-state index is 14.1. The largest absolute Gasteiger partial charge is 0.478 e. The summed E-state index contributed by atoms with van der Waals surface area (Å²) in [5.41, 5.74) is 8.46. The van der Waals surface area contributed by atoms with Crippen molar-refractivity contribution in [3.05, 3.63) is 77.1 Å². The van der Waals surface area contributed by atoms with Crippen LogP contribution < -0.4 is 5.73 Å². The number of hydrogen-bond donors (Lipinski definition) is 2. The molecule has 12 heteroatoms. The van der Waals surface area contributed by atoms with Gasteiger partial charge in [0, 0.05) is 37.0 Å². The molecule has 2 aliphatic rings. The van der Waals surface area contributed by atoms with Crippen LogP contribution >= 0.6 is 0 Å². The summed E-state index contributed by atoms with van der Waals surface area (Å²) in [6, 6.07) is 8.05. The highest BCUT2D eigenvalue weighted by Gasteiger charge is 2.36. The molecular formula is C24H26F2N2O7S. The molecular weight excluding hydrogens is 498 g/mol. The predicted molar refractivity (Wildman–Crippen MR) is 124 cm³/mol. The third kappa shape index (κ3) is 6.94. The molecule has 4 rings (SSSR count). The van der Waals surface area contributed by atoms with E-state index < -0.39 is 39.6 Å². The van der Waals surface area contributed by atoms with Gasteiger partial charge in [-0.15, -0.1) is 0 Å². The fraction of sp³-hybridized carbons (Fsp3) is 0.333. The Hall–Kier alpha value is -3.19. The normalized spacial score (nSPS) is 21.9. The van der Waals surface area contributed by atoms with Gasteiger partial charge in [0.05, 0.1) is 17.6 Å². The zero-order chi connectivity index (χ0) is 26.5. The summed E-state index contributed by atoms with van der Waals surface area (Å²) >= 11 is 0. The van der Waals surface area contributed by atoms with Crippen molar-refractivity contribution in [2.75, 3.05) is 12.9 Å². The molecule has 0 amide bonds. The number of carbonyl (C=O) groups is 2. The minimum Gasteiger partial charge on any atom is -0.478 e. The predicted octanol–water partition coefficient (Wildman–Crippen LogP) is 2.30. The first-order valence-electron chi connectivity index (χ1n) is 10.9. The number of nitrogens with zero attached hydrogens (tertiary/aromatic N) is 1. The van der Waals surface area contributed by atoms with Gasteiger partial charge in [-0.05, 0) is 47.9 Å². The van der Waals surface area contributed by atoms with Crippen LogP contribution in [0, 0.1) is 11.6 Å². The van der Waals surface area contributed by atoms with Crippen LogP contribution in [-0.4, -0.2) is 55.8 Å². The van der Waals surface area contributed by atoms with Gasteiger partial charge < -0.3 is 20.3 Å². The van der Waals surface area contributed by atoms with Crippen molar-refractivity contribution >= 4 is 22.3 Å². The molecule has 0 unspecified atom stereocenters. The second-order valence-corrected chi connectivity index (χ2v) is 10.5. The van der Waals surface area contributed by atoms with Gasteiger partial charge in [0.15, 0.2) is 9.84 Å². The number of aliphatic carboxylic acids is 1. The van der Waals surface area contributed by atoms with Crippen molar-refractivity contribution in [2.24, 2.45) is 5.73 Å². The lowest BCUT2D eigenvalue weighted by Gasteiger charge is -2.38. The number of carboxylic acids is 1. The average Bonchev–Trinajstić information content (AvgIpc) is 3.24. The molecule has 2 aliphatic heterocycles. The lowest BCUT2D eigenvalue weighted by molar-refractivity contribution is -0.131. The van der Waals surface area contributed by atoms with E-state index in [4.69, 9.17) is 15.6 Å². The number of benzene rings is 2. The highest BCUT2D eigenvalue weighted by molar-refractivity contribution is 7.90. The van der Waals surface area contributed by atoms with Gasteiger partial charge in [0.1, 0.15) is 24.0 Å². The molecule has 2 heterocycles. The summed E-state index contributed by atoms with van der Waals surface area (Å²) in [5.74, 6) is -2.19. The van der Waals surface area contributed by atoms with Crippen molar-refractivity contribution in [2.45, 2.75) is 42.6 Å². The lowest BCUT2D eigenvalue weighted by Crippen LogP contribution is -2.47. The van der Waals surface area contributed by atoms with E-state index in [2.05, 4.69) is 9.64 Å². The van der Waals surface area contributed by atoms with Crippen LogP contribution in [0.2, 0.25) is 0 Å². The number of sulfone groups is 1. The summed E-state index contributed by atoms with van der Waals surface area (Å²) < 4.78 is 60.9. The van der Waals surface area contributed by atoms with Crippen molar-refractivity contribution in [3.8, 4) is 0 Å². The Morgan fingerprint density at radius 1 is 1.19 bits per heavy atom. The van der Waals surface area contributed by atoms with Crippen LogP contribution in [0.1, 0.15) is 29.2 Å². The molecule has 1 fully saturated rings. The number of nitrogens with two attached hydrogens (primary N) is 1. The Morgan fingerprint density at radius 3 is 2.56 bits per heavy atom. The topological polar surface area (TPSA) is 136 Å². The van der Waals surface area contributed by atoms with Gasteiger partial charge in [-0.3, -0.25) is 9.69 Å². The first-order chi connectivity index (χ1) is 17.0. The standard InChI is InChI=1S/C20H22F2N2O3S.C4H4O4/c1-28(25,26)16-4-2-12-9-24(10-13(12)6-16)15-8-19(23)20(27-11-15)17-7-14(21)3-5-18(17)22;5-3-8-2-1-4(6)7/h2-7,15,19-20H,8-11,23H2,1H3;1-3H,(H,6,7)/b;2-1+/t15-,19+,20-;/m1./s1. The van der Waals surface area contributed by atoms with Crippen LogP contribution in [0.3, 0.4) is 0 Å². The summed E-state index contributed by atoms with van der Waals surface area (Å²) in [4.78, 5) is 21.4. The van der Waals surface area contributed by atoms with E-state index in [1.807, 2.05) is 6.07 Å². The van der Waals surface area contributed by atoms with Crippen LogP contribution in [0.25, 0.3) is 0 Å². The number of carbonyl (C=O) groups excluding carboxylic acids is 1. The summed E-state index contributed by atoms with van der Waals surface area (Å²) in [6.07, 6.45) is 2.59. The SMILES string of the molecule is CS(=O)(=O)c1ccc2c(c1)CN([C@H]1CO[C@H](c3cc(F)ccc3F)[C@@H](N)C1)C2.O=CO/C=C/C(=O)O. The molecule has 0 spiro atoms. The van der Waals surface area contributed by atoms with Crippen molar-refractivity contribution in [1.29, 1.82) is 0 Å². The highest BCUT2D eigenvalue weighted by atomic mass is 32.2. The monoisotopic (exact) mass is 524 g/mol. The lowest BCUT2D eigenvalue weighted by atomic mass is 9.93. The molecule has 0 bridgehead atoms. The molecule has 2 aromatic rings. The Kier molecular flexibility index (Phi) is 8.90. The van der Waals surface area contributed by atoms with Crippen molar-refractivity contribution in [3.63, 3.8) is 0 Å². The molecule has 0 radical (unpaired) electrons. The molecule has 0 saturated carbocycles. The third-order valence-corrected chi connectivity index (χ3v) is 6.99. The molecule has 1 saturated heterocycles. The number of rotatable bonds is 6. The zero-order valence-corrected chi connectivity index (χ0v) is 20.2. The molecule has 3 N–H and O–H groups in total. The van der Waals surface area contributed by atoms with Gasteiger partial charge in [-0.2, -0.15) is 0 Å². The average molecular weight is 525 g/mol. The van der Waals surface area contributed by atoms with Gasteiger partial charge in [0.25, 0.3) is 6.47 Å². The maximum Gasteiger partial charge on any atom is 0.331 e. The molecule has 0 aliphatic carbocycles. The van der Waals surface area contributed by atoms with Crippen LogP contribution in [0.5, 0.6) is 0 Å². The number of halogens is 2. The minimum absolute atomic E-state index is 0.0250. The van der Waals surface area contributed by atoms with E-state index in [1.54, 1.807) is 12.1 Å². The Balaban J connectivity index is 0.000000392. The second kappa shape index (κ2) is 11.7.